The van der Waals surface area contributed by atoms with Crippen molar-refractivity contribution in [2.45, 2.75) is 51.4 Å². The van der Waals surface area contributed by atoms with Gasteiger partial charge in [-0.15, -0.1) is 0 Å². The Morgan fingerprint density at radius 3 is 2.06 bits per heavy atom. The molecule has 2 aliphatic rings. The summed E-state index contributed by atoms with van der Waals surface area (Å²) in [6.45, 7) is 3.90. The van der Waals surface area contributed by atoms with Crippen molar-refractivity contribution in [3.63, 3.8) is 0 Å². The number of nitrogens with one attached hydrogen (secondary N) is 2. The summed E-state index contributed by atoms with van der Waals surface area (Å²) in [5.74, 6) is 1.11. The number of esters is 1. The predicted molar refractivity (Wildman–Crippen MR) is 120 cm³/mol. The van der Waals surface area contributed by atoms with Crippen LogP contribution in [0.5, 0.6) is 0 Å². The number of hydrogen-bond acceptors (Lipinski definition) is 4. The third kappa shape index (κ3) is 6.94. The van der Waals surface area contributed by atoms with Gasteiger partial charge in [-0.25, -0.2) is 0 Å². The summed E-state index contributed by atoms with van der Waals surface area (Å²) in [4.78, 5) is 35.9. The van der Waals surface area contributed by atoms with Crippen LogP contribution in [0.2, 0.25) is 0 Å². The molecule has 0 aliphatic heterocycles. The van der Waals surface area contributed by atoms with Crippen molar-refractivity contribution >= 4 is 23.5 Å². The maximum atomic E-state index is 12.5. The molecule has 2 aliphatic carbocycles. The van der Waals surface area contributed by atoms with Crippen LogP contribution in [0.3, 0.4) is 0 Å². The van der Waals surface area contributed by atoms with E-state index in [-0.39, 0.29) is 36.2 Å². The van der Waals surface area contributed by atoms with E-state index in [4.69, 9.17) is 4.74 Å². The van der Waals surface area contributed by atoms with E-state index < -0.39 is 0 Å². The minimum Gasteiger partial charge on any atom is -0.464 e. The lowest BCUT2D eigenvalue weighted by Gasteiger charge is -2.37. The molecule has 6 nitrogen and oxygen atoms in total. The average Bonchev–Trinajstić information content (AvgIpc) is 2.82. The molecule has 0 unspecified atom stereocenters. The van der Waals surface area contributed by atoms with Crippen molar-refractivity contribution in [2.24, 2.45) is 23.7 Å². The maximum absolute atomic E-state index is 12.5. The van der Waals surface area contributed by atoms with Crippen molar-refractivity contribution in [1.82, 2.24) is 5.32 Å². The van der Waals surface area contributed by atoms with Gasteiger partial charge in [-0.2, -0.15) is 0 Å². The predicted octanol–water partition coefficient (Wildman–Crippen LogP) is 4.08. The van der Waals surface area contributed by atoms with E-state index in [2.05, 4.69) is 17.2 Å². The summed E-state index contributed by atoms with van der Waals surface area (Å²) in [7, 11) is 0. The summed E-state index contributed by atoms with van der Waals surface area (Å²) < 4.78 is 5.31. The highest BCUT2D eigenvalue weighted by atomic mass is 16.5. The maximum Gasteiger partial charge on any atom is 0.308 e. The number of amides is 2. The van der Waals surface area contributed by atoms with Gasteiger partial charge in [-0.3, -0.25) is 14.4 Å². The minimum atomic E-state index is -0.260. The van der Waals surface area contributed by atoms with Crippen LogP contribution < -0.4 is 10.6 Å². The van der Waals surface area contributed by atoms with Gasteiger partial charge in [-0.05, 0) is 81.4 Å². The van der Waals surface area contributed by atoms with Crippen molar-refractivity contribution in [3.8, 4) is 0 Å². The zero-order valence-electron chi connectivity index (χ0n) is 18.2. The number of anilines is 1. The Labute approximate surface area is 184 Å². The lowest BCUT2D eigenvalue weighted by molar-refractivity contribution is -0.150. The van der Waals surface area contributed by atoms with Crippen molar-refractivity contribution < 1.29 is 19.1 Å². The van der Waals surface area contributed by atoms with Crippen molar-refractivity contribution in [3.05, 3.63) is 43.0 Å². The highest BCUT2D eigenvalue weighted by Crippen LogP contribution is 2.41. The summed E-state index contributed by atoms with van der Waals surface area (Å²) in [5, 5.41) is 5.64. The molecular formula is C25H34N2O4. The monoisotopic (exact) mass is 426 g/mol. The Morgan fingerprint density at radius 2 is 1.48 bits per heavy atom. The molecule has 0 bridgehead atoms. The summed E-state index contributed by atoms with van der Waals surface area (Å²) >= 11 is 0. The van der Waals surface area contributed by atoms with E-state index >= 15 is 0 Å². The second kappa shape index (κ2) is 11.7. The standard InChI is InChI=1S/C25H34N2O4/c1-2-23(28)26-16-17-31-25(30)21-14-10-19(11-15-21)18-8-12-20(13-9-18)24(29)27-22-6-4-3-5-7-22/h2-7,18-21H,1,8-17H2,(H,26,28)(H,27,29). The van der Waals surface area contributed by atoms with Crippen LogP contribution in [0.25, 0.3) is 0 Å². The van der Waals surface area contributed by atoms with E-state index in [1.54, 1.807) is 0 Å². The Morgan fingerprint density at radius 1 is 0.903 bits per heavy atom. The van der Waals surface area contributed by atoms with Gasteiger partial charge in [0.25, 0.3) is 0 Å². The summed E-state index contributed by atoms with van der Waals surface area (Å²) in [6, 6.07) is 9.65. The van der Waals surface area contributed by atoms with E-state index in [9.17, 15) is 14.4 Å². The normalized spacial score (nSPS) is 25.8. The molecule has 0 heterocycles. The number of hydrogen-bond donors (Lipinski definition) is 2. The van der Waals surface area contributed by atoms with E-state index in [0.717, 1.165) is 57.1 Å². The number of rotatable bonds is 8. The quantitative estimate of drug-likeness (QED) is 0.373. The van der Waals surface area contributed by atoms with Gasteiger partial charge in [0.15, 0.2) is 0 Å². The molecule has 2 saturated carbocycles. The van der Waals surface area contributed by atoms with Crippen LogP contribution in [-0.2, 0) is 19.1 Å². The third-order valence-corrected chi connectivity index (χ3v) is 6.79. The van der Waals surface area contributed by atoms with Crippen molar-refractivity contribution in [2.75, 3.05) is 18.5 Å². The van der Waals surface area contributed by atoms with Gasteiger partial charge in [0.1, 0.15) is 6.61 Å². The van der Waals surface area contributed by atoms with Gasteiger partial charge in [-0.1, -0.05) is 24.8 Å². The van der Waals surface area contributed by atoms with Crippen LogP contribution >= 0.6 is 0 Å². The Bertz CT molecular complexity index is 748. The molecule has 0 spiro atoms. The molecule has 1 aromatic rings. The molecule has 0 radical (unpaired) electrons. The number of ether oxygens (including phenoxy) is 1. The zero-order chi connectivity index (χ0) is 22.1. The molecule has 1 aromatic carbocycles. The van der Waals surface area contributed by atoms with E-state index in [1.807, 2.05) is 30.3 Å². The molecule has 2 N–H and O–H groups in total. The molecule has 2 amide bonds. The van der Waals surface area contributed by atoms with Crippen molar-refractivity contribution in [1.29, 1.82) is 0 Å². The smallest absolute Gasteiger partial charge is 0.308 e. The van der Waals surface area contributed by atoms with Gasteiger partial charge in [0.2, 0.25) is 11.8 Å². The number of benzene rings is 1. The SMILES string of the molecule is C=CC(=O)NCCOC(=O)C1CCC(C2CCC(C(=O)Nc3ccccc3)CC2)CC1. The molecule has 0 saturated heterocycles. The topological polar surface area (TPSA) is 84.5 Å². The minimum absolute atomic E-state index is 0.0284. The highest BCUT2D eigenvalue weighted by molar-refractivity contribution is 5.92. The molecular weight excluding hydrogens is 392 g/mol. The van der Waals surface area contributed by atoms with Crippen LogP contribution in [0.15, 0.2) is 43.0 Å². The molecule has 6 heteroatoms. The molecule has 0 atom stereocenters. The fourth-order valence-electron chi connectivity index (χ4n) is 4.96. The molecule has 168 valence electrons. The van der Waals surface area contributed by atoms with Crippen LogP contribution in [0, 0.1) is 23.7 Å². The fourth-order valence-corrected chi connectivity index (χ4v) is 4.96. The lowest BCUT2D eigenvalue weighted by atomic mass is 9.69. The summed E-state index contributed by atoms with van der Waals surface area (Å²) in [5.41, 5.74) is 0.864. The second-order valence-electron chi connectivity index (χ2n) is 8.74. The molecule has 0 aromatic heterocycles. The summed E-state index contributed by atoms with van der Waals surface area (Å²) in [6.07, 6.45) is 9.13. The number of carbonyl (C=O) groups is 3. The number of carbonyl (C=O) groups excluding carboxylic acids is 3. The van der Waals surface area contributed by atoms with Gasteiger partial charge >= 0.3 is 5.97 Å². The van der Waals surface area contributed by atoms with Crippen LogP contribution in [0.4, 0.5) is 5.69 Å². The Kier molecular flexibility index (Phi) is 8.68. The van der Waals surface area contributed by atoms with Gasteiger partial charge in [0, 0.05) is 11.6 Å². The first-order valence-corrected chi connectivity index (χ1v) is 11.5. The third-order valence-electron chi connectivity index (χ3n) is 6.79. The van der Waals surface area contributed by atoms with E-state index in [0.29, 0.717) is 18.4 Å². The van der Waals surface area contributed by atoms with Crippen LogP contribution in [0.1, 0.15) is 51.4 Å². The van der Waals surface area contributed by atoms with Crippen LogP contribution in [-0.4, -0.2) is 30.9 Å². The first-order valence-electron chi connectivity index (χ1n) is 11.5. The first kappa shape index (κ1) is 23.0. The fraction of sp³-hybridized carbons (Fsp3) is 0.560. The van der Waals surface area contributed by atoms with E-state index in [1.165, 1.54) is 6.08 Å². The Hall–Kier alpha value is -2.63. The molecule has 3 rings (SSSR count). The lowest BCUT2D eigenvalue weighted by Crippen LogP contribution is -2.32. The molecule has 31 heavy (non-hydrogen) atoms. The molecule has 2 fully saturated rings. The largest absolute Gasteiger partial charge is 0.464 e. The first-order chi connectivity index (χ1) is 15.1. The Balaban J connectivity index is 1.33. The highest BCUT2D eigenvalue weighted by Gasteiger charge is 2.34. The zero-order valence-corrected chi connectivity index (χ0v) is 18.2. The second-order valence-corrected chi connectivity index (χ2v) is 8.74. The van der Waals surface area contributed by atoms with Gasteiger partial charge in [0.05, 0.1) is 12.5 Å². The number of para-hydroxylation sites is 1. The van der Waals surface area contributed by atoms with Gasteiger partial charge < -0.3 is 15.4 Å². The average molecular weight is 427 g/mol.